The van der Waals surface area contributed by atoms with Crippen LogP contribution in [0.3, 0.4) is 0 Å². The predicted molar refractivity (Wildman–Crippen MR) is 111 cm³/mol. The summed E-state index contributed by atoms with van der Waals surface area (Å²) in [6.07, 6.45) is 10.5. The van der Waals surface area contributed by atoms with Crippen LogP contribution in [-0.2, 0) is 6.42 Å². The zero-order chi connectivity index (χ0) is 17.8. The first-order valence-corrected chi connectivity index (χ1v) is 10.3. The van der Waals surface area contributed by atoms with Gasteiger partial charge in [-0.05, 0) is 60.4 Å². The van der Waals surface area contributed by atoms with Crippen molar-refractivity contribution in [2.24, 2.45) is 0 Å². The van der Waals surface area contributed by atoms with Gasteiger partial charge in [0.15, 0.2) is 0 Å². The van der Waals surface area contributed by atoms with Crippen LogP contribution in [0.2, 0.25) is 0 Å². The van der Waals surface area contributed by atoms with Gasteiger partial charge in [0, 0.05) is 40.6 Å². The number of ether oxygens (including phenoxy) is 1. The number of hydrogen-bond donors (Lipinski definition) is 2. The number of hydrogen-bond acceptors (Lipinski definition) is 3. The molecular formula is C22H26N2OS. The van der Waals surface area contributed by atoms with Crippen molar-refractivity contribution in [1.82, 2.24) is 10.3 Å². The summed E-state index contributed by atoms with van der Waals surface area (Å²) in [5, 5.41) is 7.15. The van der Waals surface area contributed by atoms with Crippen molar-refractivity contribution < 1.29 is 4.74 Å². The van der Waals surface area contributed by atoms with Crippen LogP contribution in [0.4, 0.5) is 0 Å². The molecule has 4 rings (SSSR count). The van der Waals surface area contributed by atoms with Gasteiger partial charge < -0.3 is 15.0 Å². The largest absolute Gasteiger partial charge is 0.497 e. The summed E-state index contributed by atoms with van der Waals surface area (Å²) < 4.78 is 5.30. The smallest absolute Gasteiger partial charge is 0.120 e. The first-order valence-electron chi connectivity index (χ1n) is 9.44. The number of H-pyrrole nitrogens is 1. The topological polar surface area (TPSA) is 37.0 Å². The van der Waals surface area contributed by atoms with E-state index in [1.807, 2.05) is 17.4 Å². The maximum atomic E-state index is 5.30. The van der Waals surface area contributed by atoms with E-state index in [2.05, 4.69) is 52.2 Å². The Morgan fingerprint density at radius 3 is 3.04 bits per heavy atom. The molecule has 1 aromatic carbocycles. The molecule has 0 radical (unpaired) electrons. The van der Waals surface area contributed by atoms with Gasteiger partial charge in [-0.2, -0.15) is 0 Å². The number of aromatic amines is 1. The lowest BCUT2D eigenvalue weighted by atomic mass is 9.95. The Kier molecular flexibility index (Phi) is 5.42. The maximum absolute atomic E-state index is 5.30. The van der Waals surface area contributed by atoms with E-state index in [4.69, 9.17) is 4.74 Å². The number of thiophene rings is 1. The lowest BCUT2D eigenvalue weighted by Gasteiger charge is -2.24. The second-order valence-corrected chi connectivity index (χ2v) is 7.93. The molecule has 0 saturated heterocycles. The number of aromatic nitrogens is 1. The molecule has 0 bridgehead atoms. The number of unbranched alkanes of at least 4 members (excludes halogenated alkanes) is 1. The van der Waals surface area contributed by atoms with Crippen molar-refractivity contribution in [3.63, 3.8) is 0 Å². The Bertz CT molecular complexity index is 879. The third kappa shape index (κ3) is 3.87. The summed E-state index contributed by atoms with van der Waals surface area (Å²) in [6.45, 7) is 1.00. The fourth-order valence-electron chi connectivity index (χ4n) is 3.84. The van der Waals surface area contributed by atoms with Gasteiger partial charge in [0.25, 0.3) is 0 Å². The van der Waals surface area contributed by atoms with E-state index < -0.39 is 0 Å². The third-order valence-corrected chi connectivity index (χ3v) is 6.23. The van der Waals surface area contributed by atoms with Crippen molar-refractivity contribution in [3.05, 3.63) is 58.4 Å². The normalized spacial score (nSPS) is 17.4. The zero-order valence-electron chi connectivity index (χ0n) is 15.3. The summed E-state index contributed by atoms with van der Waals surface area (Å²) in [6, 6.07) is 11.3. The predicted octanol–water partition coefficient (Wildman–Crippen LogP) is 5.40. The van der Waals surface area contributed by atoms with Crippen LogP contribution in [0.25, 0.3) is 16.5 Å². The molecule has 1 aliphatic rings. The molecule has 3 heterocycles. The minimum Gasteiger partial charge on any atom is -0.497 e. The Hall–Kier alpha value is -2.04. The number of aryl methyl sites for hydroxylation is 1. The van der Waals surface area contributed by atoms with Gasteiger partial charge in [0.1, 0.15) is 5.75 Å². The zero-order valence-corrected chi connectivity index (χ0v) is 16.1. The Morgan fingerprint density at radius 2 is 2.19 bits per heavy atom. The molecule has 0 saturated carbocycles. The van der Waals surface area contributed by atoms with E-state index in [1.54, 1.807) is 7.11 Å². The summed E-state index contributed by atoms with van der Waals surface area (Å²) in [4.78, 5) is 4.81. The van der Waals surface area contributed by atoms with E-state index in [-0.39, 0.29) is 0 Å². The molecule has 0 aliphatic carbocycles. The Morgan fingerprint density at radius 1 is 1.23 bits per heavy atom. The van der Waals surface area contributed by atoms with Gasteiger partial charge in [0.05, 0.1) is 7.11 Å². The van der Waals surface area contributed by atoms with Gasteiger partial charge in [0.2, 0.25) is 0 Å². The Balaban J connectivity index is 1.27. The first kappa shape index (κ1) is 17.4. The SMILES string of the molecule is COc1ccc2c(CCCCC3CC(c4cccs4)=CCN3)c[nH]c2c1. The third-order valence-electron chi connectivity index (χ3n) is 5.28. The molecule has 4 heteroatoms. The molecule has 3 nitrogen and oxygen atoms in total. The van der Waals surface area contributed by atoms with Crippen LogP contribution >= 0.6 is 11.3 Å². The number of benzene rings is 1. The lowest BCUT2D eigenvalue weighted by molar-refractivity contribution is 0.415. The standard InChI is InChI=1S/C22H26N2OS/c1-25-19-8-9-20-17(15-24-21(20)14-19)5-2-3-6-18-13-16(10-11-23-18)22-7-4-12-26-22/h4,7-10,12,14-15,18,23-24H,2-3,5-6,11,13H2,1H3. The van der Waals surface area contributed by atoms with E-state index in [9.17, 15) is 0 Å². The second kappa shape index (κ2) is 8.11. The van der Waals surface area contributed by atoms with Gasteiger partial charge in [-0.25, -0.2) is 0 Å². The summed E-state index contributed by atoms with van der Waals surface area (Å²) in [5.41, 5.74) is 4.10. The number of methoxy groups -OCH3 is 1. The molecule has 2 N–H and O–H groups in total. The van der Waals surface area contributed by atoms with E-state index in [1.165, 1.54) is 46.2 Å². The van der Waals surface area contributed by atoms with E-state index in [0.29, 0.717) is 6.04 Å². The van der Waals surface area contributed by atoms with Crippen LogP contribution in [0.15, 0.2) is 48.0 Å². The minimum atomic E-state index is 0.615. The number of rotatable bonds is 7. The molecule has 3 aromatic rings. The molecule has 1 unspecified atom stereocenters. The highest BCUT2D eigenvalue weighted by Crippen LogP contribution is 2.28. The molecule has 0 fully saturated rings. The van der Waals surface area contributed by atoms with Crippen LogP contribution in [-0.4, -0.2) is 24.7 Å². The van der Waals surface area contributed by atoms with Crippen LogP contribution in [0, 0.1) is 0 Å². The van der Waals surface area contributed by atoms with E-state index >= 15 is 0 Å². The van der Waals surface area contributed by atoms with E-state index in [0.717, 1.165) is 25.1 Å². The molecule has 26 heavy (non-hydrogen) atoms. The van der Waals surface area contributed by atoms with Crippen LogP contribution in [0.5, 0.6) is 5.75 Å². The molecule has 136 valence electrons. The van der Waals surface area contributed by atoms with Crippen molar-refractivity contribution in [2.45, 2.75) is 38.1 Å². The van der Waals surface area contributed by atoms with Crippen molar-refractivity contribution >= 4 is 27.8 Å². The quantitative estimate of drug-likeness (QED) is 0.550. The van der Waals surface area contributed by atoms with Gasteiger partial charge >= 0.3 is 0 Å². The second-order valence-electron chi connectivity index (χ2n) is 6.99. The molecule has 1 atom stereocenters. The van der Waals surface area contributed by atoms with Crippen LogP contribution < -0.4 is 10.1 Å². The minimum absolute atomic E-state index is 0.615. The van der Waals surface area contributed by atoms with Crippen molar-refractivity contribution in [3.8, 4) is 5.75 Å². The fourth-order valence-corrected chi connectivity index (χ4v) is 4.62. The number of nitrogens with one attached hydrogen (secondary N) is 2. The molecule has 2 aromatic heterocycles. The van der Waals surface area contributed by atoms with Crippen molar-refractivity contribution in [2.75, 3.05) is 13.7 Å². The lowest BCUT2D eigenvalue weighted by Crippen LogP contribution is -2.32. The highest BCUT2D eigenvalue weighted by Gasteiger charge is 2.16. The Labute approximate surface area is 159 Å². The molecule has 0 amide bonds. The average Bonchev–Trinajstić information content (AvgIpc) is 3.35. The van der Waals surface area contributed by atoms with Gasteiger partial charge in [-0.1, -0.05) is 18.6 Å². The monoisotopic (exact) mass is 366 g/mol. The average molecular weight is 367 g/mol. The van der Waals surface area contributed by atoms with Crippen molar-refractivity contribution in [1.29, 1.82) is 0 Å². The highest BCUT2D eigenvalue weighted by molar-refractivity contribution is 7.11. The maximum Gasteiger partial charge on any atom is 0.120 e. The first-order chi connectivity index (χ1) is 12.8. The molecule has 1 aliphatic heterocycles. The molecular weight excluding hydrogens is 340 g/mol. The summed E-state index contributed by atoms with van der Waals surface area (Å²) in [5.74, 6) is 0.906. The molecule has 0 spiro atoms. The summed E-state index contributed by atoms with van der Waals surface area (Å²) in [7, 11) is 1.71. The summed E-state index contributed by atoms with van der Waals surface area (Å²) >= 11 is 1.85. The van der Waals surface area contributed by atoms with Crippen LogP contribution in [0.1, 0.15) is 36.1 Å². The number of fused-ring (bicyclic) bond motifs is 1. The van der Waals surface area contributed by atoms with Gasteiger partial charge in [-0.3, -0.25) is 0 Å². The fraction of sp³-hybridized carbons (Fsp3) is 0.364. The van der Waals surface area contributed by atoms with Gasteiger partial charge in [-0.15, -0.1) is 11.3 Å². The highest BCUT2D eigenvalue weighted by atomic mass is 32.1.